The molecule has 0 radical (unpaired) electrons. The molecule has 2 fully saturated rings. The number of amides is 2. The Bertz CT molecular complexity index is 824. The van der Waals surface area contributed by atoms with Gasteiger partial charge in [-0.15, -0.1) is 0 Å². The number of nitrogens with zero attached hydrogens (tertiary/aromatic N) is 2. The number of hydrogen-bond donors (Lipinski definition) is 3. The average Bonchev–Trinajstić information content (AvgIpc) is 3.44. The second kappa shape index (κ2) is 7.41. The molecule has 28 heavy (non-hydrogen) atoms. The third-order valence-corrected chi connectivity index (χ3v) is 6.30. The molecule has 2 saturated carbocycles. The van der Waals surface area contributed by atoms with Crippen LogP contribution in [0.2, 0.25) is 0 Å². The first-order chi connectivity index (χ1) is 13.5. The highest BCUT2D eigenvalue weighted by molar-refractivity contribution is 6.03. The van der Waals surface area contributed by atoms with E-state index in [2.05, 4.69) is 15.7 Å². The molecular weight excluding hydrogens is 360 g/mol. The van der Waals surface area contributed by atoms with E-state index in [1.54, 1.807) is 10.9 Å². The molecule has 3 aliphatic rings. The van der Waals surface area contributed by atoms with Gasteiger partial charge in [0.1, 0.15) is 0 Å². The van der Waals surface area contributed by atoms with Crippen LogP contribution in [0.15, 0.2) is 18.3 Å². The summed E-state index contributed by atoms with van der Waals surface area (Å²) in [6, 6.07) is 0.148. The fourth-order valence-electron chi connectivity index (χ4n) is 4.90. The highest BCUT2D eigenvalue weighted by atomic mass is 16.4. The van der Waals surface area contributed by atoms with Crippen molar-refractivity contribution in [1.82, 2.24) is 15.1 Å². The molecule has 0 aromatic carbocycles. The first-order valence-electron chi connectivity index (χ1n) is 10.1. The monoisotopic (exact) mass is 386 g/mol. The van der Waals surface area contributed by atoms with Crippen molar-refractivity contribution in [3.63, 3.8) is 0 Å². The third kappa shape index (κ3) is 3.31. The lowest BCUT2D eigenvalue weighted by Crippen LogP contribution is -2.37. The SMILES string of the molecule is CCn1cc(NC(=O)[C@@H]2[C@@H](C(=O)O)[C@H]3C=C[C@@H]2C3)c(C(=O)NC2CCCC2)n1. The normalized spacial score (nSPS) is 28.6. The fourth-order valence-corrected chi connectivity index (χ4v) is 4.90. The number of carbonyl (C=O) groups excluding carboxylic acids is 2. The van der Waals surface area contributed by atoms with Gasteiger partial charge in [0.05, 0.1) is 17.5 Å². The largest absolute Gasteiger partial charge is 0.481 e. The standard InChI is InChI=1S/C20H26N4O4/c1-2-24-10-14(17(23-24)19(26)21-13-5-3-4-6-13)22-18(25)15-11-7-8-12(9-11)16(15)20(27)28/h7-8,10-13,15-16H,2-6,9H2,1H3,(H,21,26)(H,22,25)(H,27,28)/t11-,12+,15+,16+/m1/s1. The Hall–Kier alpha value is -2.64. The number of hydrogen-bond acceptors (Lipinski definition) is 4. The maximum Gasteiger partial charge on any atom is 0.307 e. The number of rotatable bonds is 6. The zero-order valence-corrected chi connectivity index (χ0v) is 15.9. The van der Waals surface area contributed by atoms with Crippen LogP contribution < -0.4 is 10.6 Å². The van der Waals surface area contributed by atoms with Gasteiger partial charge in [-0.3, -0.25) is 19.1 Å². The summed E-state index contributed by atoms with van der Waals surface area (Å²) >= 11 is 0. The highest BCUT2D eigenvalue weighted by Gasteiger charge is 2.51. The van der Waals surface area contributed by atoms with Crippen molar-refractivity contribution in [2.75, 3.05) is 5.32 Å². The van der Waals surface area contributed by atoms with E-state index in [0.29, 0.717) is 18.7 Å². The number of aliphatic carboxylic acids is 1. The number of aromatic nitrogens is 2. The lowest BCUT2D eigenvalue weighted by molar-refractivity contribution is -0.146. The topological polar surface area (TPSA) is 113 Å². The zero-order chi connectivity index (χ0) is 19.8. The summed E-state index contributed by atoms with van der Waals surface area (Å²) in [5.74, 6) is -3.09. The Labute approximate surface area is 163 Å². The summed E-state index contributed by atoms with van der Waals surface area (Å²) in [6.07, 6.45) is 10.3. The van der Waals surface area contributed by atoms with Crippen LogP contribution >= 0.6 is 0 Å². The van der Waals surface area contributed by atoms with Gasteiger partial charge in [-0.05, 0) is 38.0 Å². The Kier molecular flexibility index (Phi) is 4.95. The maximum atomic E-state index is 13.0. The first-order valence-corrected chi connectivity index (χ1v) is 10.1. The van der Waals surface area contributed by atoms with Crippen molar-refractivity contribution in [2.24, 2.45) is 23.7 Å². The Balaban J connectivity index is 1.53. The molecule has 0 saturated heterocycles. The molecule has 3 N–H and O–H groups in total. The predicted octanol–water partition coefficient (Wildman–Crippen LogP) is 2.04. The first kappa shape index (κ1) is 18.7. The molecule has 2 bridgehead atoms. The summed E-state index contributed by atoms with van der Waals surface area (Å²) in [6.45, 7) is 2.46. The summed E-state index contributed by atoms with van der Waals surface area (Å²) < 4.78 is 1.61. The molecule has 150 valence electrons. The maximum absolute atomic E-state index is 13.0. The van der Waals surface area contributed by atoms with Crippen molar-refractivity contribution in [3.8, 4) is 0 Å². The van der Waals surface area contributed by atoms with E-state index in [1.807, 2.05) is 19.1 Å². The van der Waals surface area contributed by atoms with E-state index in [1.165, 1.54) is 0 Å². The van der Waals surface area contributed by atoms with E-state index in [0.717, 1.165) is 25.7 Å². The minimum absolute atomic E-state index is 0.0666. The smallest absolute Gasteiger partial charge is 0.307 e. The van der Waals surface area contributed by atoms with Gasteiger partial charge in [0.25, 0.3) is 5.91 Å². The second-order valence-electron chi connectivity index (χ2n) is 8.03. The summed E-state index contributed by atoms with van der Waals surface area (Å²) in [4.78, 5) is 37.4. The van der Waals surface area contributed by atoms with Crippen LogP contribution in [0.25, 0.3) is 0 Å². The summed E-state index contributed by atoms with van der Waals surface area (Å²) in [5.41, 5.74) is 0.533. The minimum atomic E-state index is -0.944. The molecule has 1 aromatic rings. The molecule has 8 heteroatoms. The minimum Gasteiger partial charge on any atom is -0.481 e. The molecule has 3 aliphatic carbocycles. The van der Waals surface area contributed by atoms with E-state index < -0.39 is 17.8 Å². The molecule has 1 heterocycles. The Morgan fingerprint density at radius 2 is 1.86 bits per heavy atom. The van der Waals surface area contributed by atoms with Crippen LogP contribution in [0.3, 0.4) is 0 Å². The van der Waals surface area contributed by atoms with Crippen molar-refractivity contribution in [2.45, 2.75) is 51.6 Å². The molecule has 4 atom stereocenters. The number of carboxylic acid groups (broad SMARTS) is 1. The van der Waals surface area contributed by atoms with Gasteiger partial charge >= 0.3 is 5.97 Å². The van der Waals surface area contributed by atoms with Gasteiger partial charge in [0.15, 0.2) is 5.69 Å². The summed E-state index contributed by atoms with van der Waals surface area (Å²) in [7, 11) is 0. The van der Waals surface area contributed by atoms with Crippen molar-refractivity contribution in [3.05, 3.63) is 24.0 Å². The second-order valence-corrected chi connectivity index (χ2v) is 8.03. The van der Waals surface area contributed by atoms with Crippen LogP contribution in [0.5, 0.6) is 0 Å². The zero-order valence-electron chi connectivity index (χ0n) is 15.9. The van der Waals surface area contributed by atoms with Crippen LogP contribution in [0.4, 0.5) is 5.69 Å². The highest BCUT2D eigenvalue weighted by Crippen LogP contribution is 2.48. The van der Waals surface area contributed by atoms with Crippen molar-refractivity contribution in [1.29, 1.82) is 0 Å². The number of carbonyl (C=O) groups is 3. The molecule has 0 unspecified atom stereocenters. The van der Waals surface area contributed by atoms with Gasteiger partial charge in [-0.1, -0.05) is 25.0 Å². The lowest BCUT2D eigenvalue weighted by atomic mass is 9.82. The van der Waals surface area contributed by atoms with Crippen molar-refractivity contribution >= 4 is 23.5 Å². The lowest BCUT2D eigenvalue weighted by Gasteiger charge is -2.23. The van der Waals surface area contributed by atoms with E-state index >= 15 is 0 Å². The number of anilines is 1. The summed E-state index contributed by atoms with van der Waals surface area (Å²) in [5, 5.41) is 19.7. The molecule has 4 rings (SSSR count). The molecule has 1 aromatic heterocycles. The van der Waals surface area contributed by atoms with Gasteiger partial charge in [0.2, 0.25) is 5.91 Å². The van der Waals surface area contributed by atoms with E-state index in [4.69, 9.17) is 0 Å². The Morgan fingerprint density at radius 1 is 1.18 bits per heavy atom. The number of nitrogens with one attached hydrogen (secondary N) is 2. The van der Waals surface area contributed by atoms with Crippen LogP contribution in [0, 0.1) is 23.7 Å². The van der Waals surface area contributed by atoms with Crippen LogP contribution in [0.1, 0.15) is 49.5 Å². The number of fused-ring (bicyclic) bond motifs is 2. The average molecular weight is 386 g/mol. The third-order valence-electron chi connectivity index (χ3n) is 6.30. The number of carboxylic acids is 1. The number of allylic oxidation sites excluding steroid dienone is 2. The molecule has 2 amide bonds. The van der Waals surface area contributed by atoms with E-state index in [-0.39, 0.29) is 35.4 Å². The molecule has 0 spiro atoms. The van der Waals surface area contributed by atoms with E-state index in [9.17, 15) is 19.5 Å². The Morgan fingerprint density at radius 3 is 2.50 bits per heavy atom. The molecule has 8 nitrogen and oxygen atoms in total. The number of aryl methyl sites for hydroxylation is 1. The van der Waals surface area contributed by atoms with Gasteiger partial charge in [-0.25, -0.2) is 0 Å². The van der Waals surface area contributed by atoms with Gasteiger partial charge < -0.3 is 15.7 Å². The van der Waals surface area contributed by atoms with Crippen molar-refractivity contribution < 1.29 is 19.5 Å². The molecular formula is C20H26N4O4. The fraction of sp³-hybridized carbons (Fsp3) is 0.600. The predicted molar refractivity (Wildman–Crippen MR) is 102 cm³/mol. The molecule has 0 aliphatic heterocycles. The van der Waals surface area contributed by atoms with Crippen LogP contribution in [-0.4, -0.2) is 38.7 Å². The van der Waals surface area contributed by atoms with Gasteiger partial charge in [0, 0.05) is 18.8 Å². The van der Waals surface area contributed by atoms with Gasteiger partial charge in [-0.2, -0.15) is 5.10 Å². The quantitative estimate of drug-likeness (QED) is 0.648. The van der Waals surface area contributed by atoms with Crippen LogP contribution in [-0.2, 0) is 16.1 Å².